The van der Waals surface area contributed by atoms with Crippen LogP contribution < -0.4 is 5.32 Å². The zero-order valence-corrected chi connectivity index (χ0v) is 10.7. The summed E-state index contributed by atoms with van der Waals surface area (Å²) in [7, 11) is 0. The summed E-state index contributed by atoms with van der Waals surface area (Å²) in [6.45, 7) is 4.37. The number of rotatable bonds is 5. The lowest BCUT2D eigenvalue weighted by Gasteiger charge is -2.18. The summed E-state index contributed by atoms with van der Waals surface area (Å²) < 4.78 is 0. The fourth-order valence-corrected chi connectivity index (χ4v) is 2.02. The quantitative estimate of drug-likeness (QED) is 0.772. The minimum atomic E-state index is 0.494. The Kier molecular flexibility index (Phi) is 5.27. The van der Waals surface area contributed by atoms with Crippen LogP contribution in [-0.4, -0.2) is 6.04 Å². The minimum absolute atomic E-state index is 0.494. The molecule has 1 aromatic carbocycles. The Hall–Kier alpha value is -0.400. The van der Waals surface area contributed by atoms with Gasteiger partial charge < -0.3 is 5.32 Å². The van der Waals surface area contributed by atoms with Crippen LogP contribution >= 0.6 is 23.2 Å². The van der Waals surface area contributed by atoms with E-state index in [2.05, 4.69) is 19.2 Å². The molecule has 0 heterocycles. The lowest BCUT2D eigenvalue weighted by Crippen LogP contribution is -2.18. The lowest BCUT2D eigenvalue weighted by molar-refractivity contribution is 0.623. The van der Waals surface area contributed by atoms with Crippen molar-refractivity contribution in [1.29, 1.82) is 0 Å². The van der Waals surface area contributed by atoms with Crippen molar-refractivity contribution in [2.24, 2.45) is 0 Å². The lowest BCUT2D eigenvalue weighted by atomic mass is 10.1. The molecule has 1 rings (SSSR count). The van der Waals surface area contributed by atoms with E-state index in [9.17, 15) is 0 Å². The average Bonchev–Trinajstić information content (AvgIpc) is 2.21. The molecule has 1 N–H and O–H groups in total. The average molecular weight is 246 g/mol. The summed E-state index contributed by atoms with van der Waals surface area (Å²) >= 11 is 11.9. The Morgan fingerprint density at radius 3 is 2.53 bits per heavy atom. The molecule has 0 radical (unpaired) electrons. The summed E-state index contributed by atoms with van der Waals surface area (Å²) in [5, 5.41) is 4.80. The zero-order chi connectivity index (χ0) is 11.3. The van der Waals surface area contributed by atoms with Crippen LogP contribution in [0.3, 0.4) is 0 Å². The number of anilines is 1. The van der Waals surface area contributed by atoms with E-state index in [1.54, 1.807) is 6.07 Å². The highest BCUT2D eigenvalue weighted by molar-refractivity contribution is 6.36. The Morgan fingerprint density at radius 1 is 1.27 bits per heavy atom. The number of hydrogen-bond acceptors (Lipinski definition) is 1. The molecule has 0 saturated heterocycles. The third-order valence-electron chi connectivity index (χ3n) is 2.42. The predicted molar refractivity (Wildman–Crippen MR) is 69.1 cm³/mol. The van der Waals surface area contributed by atoms with Crippen LogP contribution in [0, 0.1) is 0 Å². The van der Waals surface area contributed by atoms with Crippen molar-refractivity contribution in [3.05, 3.63) is 28.2 Å². The first-order valence-corrected chi connectivity index (χ1v) is 6.14. The van der Waals surface area contributed by atoms with Gasteiger partial charge in [0.2, 0.25) is 0 Å². The molecule has 1 nitrogen and oxygen atoms in total. The molecule has 3 heteroatoms. The van der Waals surface area contributed by atoms with Crippen molar-refractivity contribution >= 4 is 28.9 Å². The first-order chi connectivity index (χ1) is 7.17. The van der Waals surface area contributed by atoms with Gasteiger partial charge in [0.05, 0.1) is 10.7 Å². The van der Waals surface area contributed by atoms with Crippen LogP contribution in [0.25, 0.3) is 0 Å². The third kappa shape index (κ3) is 3.92. The second-order valence-electron chi connectivity index (χ2n) is 3.66. The summed E-state index contributed by atoms with van der Waals surface area (Å²) in [5.41, 5.74) is 0.973. The molecule has 0 aliphatic rings. The molecule has 84 valence electrons. The normalized spacial score (nSPS) is 12.5. The van der Waals surface area contributed by atoms with Crippen molar-refractivity contribution in [3.63, 3.8) is 0 Å². The Morgan fingerprint density at radius 2 is 2.00 bits per heavy atom. The van der Waals surface area contributed by atoms with Crippen LogP contribution in [0.2, 0.25) is 10.0 Å². The summed E-state index contributed by atoms with van der Waals surface area (Å²) in [4.78, 5) is 0. The fourth-order valence-electron chi connectivity index (χ4n) is 1.55. The largest absolute Gasteiger partial charge is 0.381 e. The van der Waals surface area contributed by atoms with E-state index in [1.165, 1.54) is 6.42 Å². The van der Waals surface area contributed by atoms with Crippen molar-refractivity contribution in [2.75, 3.05) is 5.32 Å². The van der Waals surface area contributed by atoms with E-state index in [1.807, 2.05) is 12.1 Å². The van der Waals surface area contributed by atoms with E-state index < -0.39 is 0 Å². The molecule has 0 spiro atoms. The molecule has 0 saturated carbocycles. The predicted octanol–water partition coefficient (Wildman–Crippen LogP) is 4.98. The molecule has 1 aromatic rings. The van der Waals surface area contributed by atoms with Crippen molar-refractivity contribution in [1.82, 2.24) is 0 Å². The Balaban J connectivity index is 2.70. The number of hydrogen-bond donors (Lipinski definition) is 1. The van der Waals surface area contributed by atoms with Gasteiger partial charge in [0.25, 0.3) is 0 Å². The van der Waals surface area contributed by atoms with E-state index in [0.29, 0.717) is 16.1 Å². The minimum Gasteiger partial charge on any atom is -0.381 e. The Bertz CT molecular complexity index is 312. The van der Waals surface area contributed by atoms with Gasteiger partial charge in [-0.1, -0.05) is 43.5 Å². The molecule has 0 aliphatic carbocycles. The van der Waals surface area contributed by atoms with Gasteiger partial charge in [-0.05, 0) is 31.0 Å². The second-order valence-corrected chi connectivity index (χ2v) is 4.51. The SMILES string of the molecule is CCCC(CC)Nc1ccc(Cl)cc1Cl. The van der Waals surface area contributed by atoms with Crippen LogP contribution in [0.4, 0.5) is 5.69 Å². The van der Waals surface area contributed by atoms with Gasteiger partial charge in [0.15, 0.2) is 0 Å². The van der Waals surface area contributed by atoms with Gasteiger partial charge in [0.1, 0.15) is 0 Å². The van der Waals surface area contributed by atoms with E-state index in [-0.39, 0.29) is 0 Å². The fraction of sp³-hybridized carbons (Fsp3) is 0.500. The van der Waals surface area contributed by atoms with Gasteiger partial charge in [-0.15, -0.1) is 0 Å². The van der Waals surface area contributed by atoms with Gasteiger partial charge in [-0.3, -0.25) is 0 Å². The highest BCUT2D eigenvalue weighted by atomic mass is 35.5. The maximum absolute atomic E-state index is 6.08. The molecule has 0 fully saturated rings. The Labute approximate surface area is 102 Å². The van der Waals surface area contributed by atoms with Crippen molar-refractivity contribution in [3.8, 4) is 0 Å². The van der Waals surface area contributed by atoms with Crippen LogP contribution in [0.1, 0.15) is 33.1 Å². The maximum atomic E-state index is 6.08. The highest BCUT2D eigenvalue weighted by Crippen LogP contribution is 2.26. The number of halogens is 2. The molecular weight excluding hydrogens is 229 g/mol. The second kappa shape index (κ2) is 6.24. The molecule has 0 aliphatic heterocycles. The standard InChI is InChI=1S/C12H17Cl2N/c1-3-5-10(4-2)15-12-7-6-9(13)8-11(12)14/h6-8,10,15H,3-5H2,1-2H3. The highest BCUT2D eigenvalue weighted by Gasteiger charge is 2.07. The van der Waals surface area contributed by atoms with E-state index in [0.717, 1.165) is 18.5 Å². The van der Waals surface area contributed by atoms with Crippen LogP contribution in [-0.2, 0) is 0 Å². The third-order valence-corrected chi connectivity index (χ3v) is 2.97. The first kappa shape index (κ1) is 12.7. The molecule has 0 amide bonds. The van der Waals surface area contributed by atoms with Crippen molar-refractivity contribution in [2.45, 2.75) is 39.2 Å². The van der Waals surface area contributed by atoms with Gasteiger partial charge in [0, 0.05) is 11.1 Å². The summed E-state index contributed by atoms with van der Waals surface area (Å²) in [6, 6.07) is 6.05. The zero-order valence-electron chi connectivity index (χ0n) is 9.19. The van der Waals surface area contributed by atoms with Gasteiger partial charge in [-0.25, -0.2) is 0 Å². The maximum Gasteiger partial charge on any atom is 0.0652 e. The molecule has 0 aromatic heterocycles. The van der Waals surface area contributed by atoms with E-state index in [4.69, 9.17) is 23.2 Å². The molecule has 1 unspecified atom stereocenters. The smallest absolute Gasteiger partial charge is 0.0652 e. The monoisotopic (exact) mass is 245 g/mol. The molecule has 15 heavy (non-hydrogen) atoms. The van der Waals surface area contributed by atoms with Crippen LogP contribution in [0.15, 0.2) is 18.2 Å². The summed E-state index contributed by atoms with van der Waals surface area (Å²) in [6.07, 6.45) is 3.44. The first-order valence-electron chi connectivity index (χ1n) is 5.39. The van der Waals surface area contributed by atoms with Crippen LogP contribution in [0.5, 0.6) is 0 Å². The molecule has 1 atom stereocenters. The summed E-state index contributed by atoms with van der Waals surface area (Å²) in [5.74, 6) is 0. The molecule has 0 bridgehead atoms. The van der Waals surface area contributed by atoms with Crippen molar-refractivity contribution < 1.29 is 0 Å². The van der Waals surface area contributed by atoms with Gasteiger partial charge in [-0.2, -0.15) is 0 Å². The number of benzene rings is 1. The van der Waals surface area contributed by atoms with E-state index >= 15 is 0 Å². The van der Waals surface area contributed by atoms with Gasteiger partial charge >= 0.3 is 0 Å². The molecular formula is C12H17Cl2N. The topological polar surface area (TPSA) is 12.0 Å². The number of nitrogens with one attached hydrogen (secondary N) is 1.